The van der Waals surface area contributed by atoms with Crippen LogP contribution in [0.25, 0.3) is 5.69 Å². The quantitative estimate of drug-likeness (QED) is 0.481. The van der Waals surface area contributed by atoms with Gasteiger partial charge in [0.15, 0.2) is 0 Å². The summed E-state index contributed by atoms with van der Waals surface area (Å²) in [5.41, 5.74) is 2.09. The van der Waals surface area contributed by atoms with Gasteiger partial charge in [0.25, 0.3) is 0 Å². The summed E-state index contributed by atoms with van der Waals surface area (Å²) in [5, 5.41) is 11.6. The van der Waals surface area contributed by atoms with E-state index in [-0.39, 0.29) is 12.5 Å². The van der Waals surface area contributed by atoms with Gasteiger partial charge in [0.05, 0.1) is 5.69 Å². The van der Waals surface area contributed by atoms with Crippen molar-refractivity contribution in [2.75, 3.05) is 6.61 Å². The number of para-hydroxylation sites is 1. The van der Waals surface area contributed by atoms with Crippen molar-refractivity contribution < 1.29 is 5.11 Å². The topological polar surface area (TPSA) is 38.1 Å². The molecule has 0 aliphatic rings. The minimum absolute atomic E-state index is 0.144. The zero-order valence-corrected chi connectivity index (χ0v) is 17.7. The number of hydrogen-bond acceptors (Lipinski definition) is 3. The number of benzene rings is 2. The van der Waals surface area contributed by atoms with Gasteiger partial charge in [-0.15, -0.1) is 0 Å². The Labute approximate surface area is 174 Å². The van der Waals surface area contributed by atoms with Gasteiger partial charge in [-0.25, -0.2) is 4.98 Å². The van der Waals surface area contributed by atoms with Gasteiger partial charge in [-0.3, -0.25) is 4.57 Å². The van der Waals surface area contributed by atoms with Crippen molar-refractivity contribution in [3.63, 3.8) is 0 Å². The first-order valence-electron chi connectivity index (χ1n) is 8.91. The first-order valence-corrected chi connectivity index (χ1v) is 10.5. The van der Waals surface area contributed by atoms with E-state index in [1.165, 1.54) is 0 Å². The van der Waals surface area contributed by atoms with E-state index >= 15 is 0 Å². The number of aliphatic hydroxyl groups excluding tert-OH is 1. The molecule has 0 bridgehead atoms. The second kappa shape index (κ2) is 9.16. The number of hydrogen-bond donors (Lipinski definition) is 1. The van der Waals surface area contributed by atoms with Crippen molar-refractivity contribution in [1.82, 2.24) is 9.55 Å². The van der Waals surface area contributed by atoms with E-state index in [0.717, 1.165) is 27.1 Å². The number of aliphatic hydroxyl groups is 1. The van der Waals surface area contributed by atoms with Gasteiger partial charge >= 0.3 is 0 Å². The van der Waals surface area contributed by atoms with E-state index < -0.39 is 0 Å². The molecule has 2 aromatic carbocycles. The van der Waals surface area contributed by atoms with Gasteiger partial charge in [-0.1, -0.05) is 67.0 Å². The smallest absolute Gasteiger partial charge is 0.114 e. The summed E-state index contributed by atoms with van der Waals surface area (Å²) in [7, 11) is 0. The molecule has 142 valence electrons. The van der Waals surface area contributed by atoms with Gasteiger partial charge in [-0.2, -0.15) is 0 Å². The zero-order chi connectivity index (χ0) is 19.4. The van der Waals surface area contributed by atoms with Crippen LogP contribution in [-0.4, -0.2) is 21.3 Å². The average Bonchev–Trinajstić information content (AvgIpc) is 2.98. The minimum Gasteiger partial charge on any atom is -0.396 e. The molecule has 27 heavy (non-hydrogen) atoms. The molecule has 0 aliphatic carbocycles. The molecule has 0 atom stereocenters. The molecule has 1 N–H and O–H groups in total. The number of nitrogens with zero attached hydrogens (tertiary/aromatic N) is 2. The highest BCUT2D eigenvalue weighted by Crippen LogP contribution is 2.38. The van der Waals surface area contributed by atoms with E-state index in [4.69, 9.17) is 28.2 Å². The van der Waals surface area contributed by atoms with Crippen LogP contribution in [0, 0.1) is 0 Å². The highest BCUT2D eigenvalue weighted by molar-refractivity contribution is 7.99. The molecule has 3 rings (SSSR count). The van der Waals surface area contributed by atoms with Crippen LogP contribution < -0.4 is 0 Å². The molecule has 0 saturated heterocycles. The van der Waals surface area contributed by atoms with Crippen LogP contribution >= 0.6 is 35.0 Å². The molecule has 0 aliphatic heterocycles. The fourth-order valence-electron chi connectivity index (χ4n) is 2.89. The van der Waals surface area contributed by atoms with Crippen LogP contribution in [0.1, 0.15) is 37.7 Å². The fourth-order valence-corrected chi connectivity index (χ4v) is 4.83. The first kappa shape index (κ1) is 20.3. The number of rotatable bonds is 7. The van der Waals surface area contributed by atoms with Crippen molar-refractivity contribution in [3.05, 3.63) is 70.1 Å². The summed E-state index contributed by atoms with van der Waals surface area (Å²) in [5.74, 6) is 1.22. The summed E-state index contributed by atoms with van der Waals surface area (Å²) in [6, 6.07) is 15.7. The predicted molar refractivity (Wildman–Crippen MR) is 114 cm³/mol. The lowest BCUT2D eigenvalue weighted by molar-refractivity contribution is 0.287. The summed E-state index contributed by atoms with van der Waals surface area (Å²) < 4.78 is 2.18. The van der Waals surface area contributed by atoms with Crippen molar-refractivity contribution in [2.24, 2.45) is 0 Å². The molecule has 0 unspecified atom stereocenters. The zero-order valence-electron chi connectivity index (χ0n) is 15.3. The van der Waals surface area contributed by atoms with E-state index in [2.05, 4.69) is 30.5 Å². The molecule has 3 aromatic rings. The van der Waals surface area contributed by atoms with Crippen LogP contribution in [0.4, 0.5) is 0 Å². The Morgan fingerprint density at radius 2 is 1.74 bits per heavy atom. The van der Waals surface area contributed by atoms with Gasteiger partial charge in [0, 0.05) is 33.7 Å². The second-order valence-electron chi connectivity index (χ2n) is 6.58. The minimum atomic E-state index is 0.144. The number of imidazole rings is 1. The molecule has 0 fully saturated rings. The molecule has 0 amide bonds. The molecule has 6 heteroatoms. The number of aryl methyl sites for hydroxylation is 1. The Bertz CT molecular complexity index is 890. The number of halogens is 2. The molecule has 0 radical (unpaired) electrons. The molecule has 0 spiro atoms. The summed E-state index contributed by atoms with van der Waals surface area (Å²) in [4.78, 5) is 5.90. The lowest BCUT2D eigenvalue weighted by Gasteiger charge is -2.14. The van der Waals surface area contributed by atoms with Crippen LogP contribution in [-0.2, 0) is 6.42 Å². The van der Waals surface area contributed by atoms with Gasteiger partial charge in [-0.05, 0) is 42.7 Å². The van der Waals surface area contributed by atoms with Crippen LogP contribution in [0.2, 0.25) is 10.0 Å². The van der Waals surface area contributed by atoms with Crippen LogP contribution in [0.3, 0.4) is 0 Å². The lowest BCUT2D eigenvalue weighted by atomic mass is 10.1. The molecular weight excluding hydrogens is 399 g/mol. The Morgan fingerprint density at radius 1 is 1.07 bits per heavy atom. The van der Waals surface area contributed by atoms with E-state index in [1.54, 1.807) is 17.8 Å². The third kappa shape index (κ3) is 4.88. The average molecular weight is 421 g/mol. The maximum Gasteiger partial charge on any atom is 0.114 e. The largest absolute Gasteiger partial charge is 0.396 e. The van der Waals surface area contributed by atoms with Gasteiger partial charge < -0.3 is 5.11 Å². The fraction of sp³-hybridized carbons (Fsp3) is 0.286. The Hall–Kier alpha value is -1.46. The summed E-state index contributed by atoms with van der Waals surface area (Å²) >= 11 is 14.0. The van der Waals surface area contributed by atoms with E-state index in [1.807, 2.05) is 30.3 Å². The Balaban J connectivity index is 2.15. The van der Waals surface area contributed by atoms with E-state index in [9.17, 15) is 5.11 Å². The van der Waals surface area contributed by atoms with Gasteiger partial charge in [0.2, 0.25) is 0 Å². The molecule has 1 heterocycles. The Kier molecular flexibility index (Phi) is 6.88. The predicted octanol–water partition coefficient (Wildman–Crippen LogP) is 6.38. The normalized spacial score (nSPS) is 11.3. The van der Waals surface area contributed by atoms with Crippen LogP contribution in [0.5, 0.6) is 0 Å². The maximum atomic E-state index is 9.30. The molecule has 0 saturated carbocycles. The highest BCUT2D eigenvalue weighted by Gasteiger charge is 2.21. The van der Waals surface area contributed by atoms with Crippen molar-refractivity contribution in [2.45, 2.75) is 42.5 Å². The standard InChI is InChI=1S/C21H22Cl2N2OS/c1-14(2)20-21(27-18-12-15(22)11-16(23)13-18)25(17-7-4-3-5-8-17)19(24-20)9-6-10-26/h3-5,7-8,11-14,26H,6,9-10H2,1-2H3. The monoisotopic (exact) mass is 420 g/mol. The SMILES string of the molecule is CC(C)c1nc(CCCO)n(-c2ccccc2)c1Sc1cc(Cl)cc(Cl)c1. The van der Waals surface area contributed by atoms with Gasteiger partial charge in [0.1, 0.15) is 10.9 Å². The summed E-state index contributed by atoms with van der Waals surface area (Å²) in [6.45, 7) is 4.43. The van der Waals surface area contributed by atoms with Crippen molar-refractivity contribution >= 4 is 35.0 Å². The molecule has 3 nitrogen and oxygen atoms in total. The molecule has 1 aromatic heterocycles. The number of aromatic nitrogens is 2. The highest BCUT2D eigenvalue weighted by atomic mass is 35.5. The maximum absolute atomic E-state index is 9.30. The Morgan fingerprint density at radius 3 is 2.33 bits per heavy atom. The lowest BCUT2D eigenvalue weighted by Crippen LogP contribution is -2.03. The second-order valence-corrected chi connectivity index (χ2v) is 8.51. The van der Waals surface area contributed by atoms with Crippen molar-refractivity contribution in [3.8, 4) is 5.69 Å². The molecular formula is C21H22Cl2N2OS. The summed E-state index contributed by atoms with van der Waals surface area (Å²) in [6.07, 6.45) is 1.39. The third-order valence-corrected chi connectivity index (χ3v) is 5.59. The first-order chi connectivity index (χ1) is 13.0. The van der Waals surface area contributed by atoms with E-state index in [0.29, 0.717) is 22.9 Å². The van der Waals surface area contributed by atoms with Crippen molar-refractivity contribution in [1.29, 1.82) is 0 Å². The third-order valence-electron chi connectivity index (χ3n) is 4.10. The van der Waals surface area contributed by atoms with Crippen LogP contribution in [0.15, 0.2) is 58.5 Å².